The second-order valence-electron chi connectivity index (χ2n) is 7.61. The van der Waals surface area contributed by atoms with Crippen LogP contribution in [-0.4, -0.2) is 36.5 Å². The van der Waals surface area contributed by atoms with Crippen LogP contribution in [0.25, 0.3) is 0 Å². The summed E-state index contributed by atoms with van der Waals surface area (Å²) in [5.41, 5.74) is 6.81. The highest BCUT2D eigenvalue weighted by Crippen LogP contribution is 2.21. The molecule has 0 saturated carbocycles. The molecule has 0 radical (unpaired) electrons. The molecule has 8 heteroatoms. The summed E-state index contributed by atoms with van der Waals surface area (Å²) < 4.78 is 5.57. The van der Waals surface area contributed by atoms with Gasteiger partial charge in [-0.3, -0.25) is 14.9 Å². The van der Waals surface area contributed by atoms with E-state index in [1.54, 1.807) is 24.4 Å². The molecular weight excluding hydrogens is 412 g/mol. The Balaban J connectivity index is 1.65. The average Bonchev–Trinajstić information content (AvgIpc) is 3.15. The van der Waals surface area contributed by atoms with Gasteiger partial charge >= 0.3 is 0 Å². The number of nitrogens with one attached hydrogen (secondary N) is 2. The monoisotopic (exact) mass is 446 g/mol. The van der Waals surface area contributed by atoms with Crippen molar-refractivity contribution in [2.75, 3.05) is 25.0 Å². The zero-order chi connectivity index (χ0) is 22.5. The molecule has 0 atom stereocenters. The number of rotatable bonds is 14. The van der Waals surface area contributed by atoms with Gasteiger partial charge in [0.15, 0.2) is 11.7 Å². The minimum atomic E-state index is -0.212. The summed E-state index contributed by atoms with van der Waals surface area (Å²) in [5, 5.41) is 6.26. The quantitative estimate of drug-likeness (QED) is 0.377. The van der Waals surface area contributed by atoms with Gasteiger partial charge in [0.2, 0.25) is 0 Å². The fourth-order valence-corrected chi connectivity index (χ4v) is 3.80. The van der Waals surface area contributed by atoms with Crippen molar-refractivity contribution in [3.63, 3.8) is 0 Å². The highest BCUT2D eigenvalue weighted by Gasteiger charge is 2.12. The van der Waals surface area contributed by atoms with Gasteiger partial charge in [-0.15, -0.1) is 11.3 Å². The normalized spacial score (nSPS) is 10.7. The first-order valence-electron chi connectivity index (χ1n) is 10.9. The lowest BCUT2D eigenvalue weighted by Gasteiger charge is -2.10. The molecule has 0 aliphatic carbocycles. The van der Waals surface area contributed by atoms with Gasteiger partial charge < -0.3 is 15.8 Å². The fraction of sp³-hybridized carbons (Fsp3) is 0.522. The molecule has 1 heterocycles. The summed E-state index contributed by atoms with van der Waals surface area (Å²) in [7, 11) is 0. The smallest absolute Gasteiger partial charge is 0.257 e. The first kappa shape index (κ1) is 24.8. The van der Waals surface area contributed by atoms with Crippen LogP contribution in [0.4, 0.5) is 5.13 Å². The van der Waals surface area contributed by atoms with E-state index in [1.807, 2.05) is 13.8 Å². The third kappa shape index (κ3) is 9.48. The summed E-state index contributed by atoms with van der Waals surface area (Å²) in [5.74, 6) is 0.212. The Hall–Kier alpha value is -2.45. The number of nitrogens with zero attached hydrogens (tertiary/aromatic N) is 1. The summed E-state index contributed by atoms with van der Waals surface area (Å²) in [6, 6.07) is 5.17. The summed E-state index contributed by atoms with van der Waals surface area (Å²) >= 11 is 1.43. The number of carbonyl (C=O) groups is 2. The van der Waals surface area contributed by atoms with Gasteiger partial charge in [-0.2, -0.15) is 0 Å². The van der Waals surface area contributed by atoms with Crippen LogP contribution in [0.3, 0.4) is 0 Å². The van der Waals surface area contributed by atoms with Crippen molar-refractivity contribution in [2.45, 2.75) is 58.8 Å². The van der Waals surface area contributed by atoms with E-state index in [-0.39, 0.29) is 18.4 Å². The maximum Gasteiger partial charge on any atom is 0.257 e. The number of hydrogen-bond acceptors (Lipinski definition) is 6. The number of anilines is 1. The molecule has 0 fully saturated rings. The van der Waals surface area contributed by atoms with Gasteiger partial charge in [0.05, 0.1) is 0 Å². The van der Waals surface area contributed by atoms with Crippen molar-refractivity contribution in [1.82, 2.24) is 10.3 Å². The number of amides is 2. The Bertz CT molecular complexity index is 838. The Morgan fingerprint density at radius 3 is 2.42 bits per heavy atom. The minimum Gasteiger partial charge on any atom is -0.484 e. The third-order valence-corrected chi connectivity index (χ3v) is 5.69. The molecule has 0 bridgehead atoms. The number of unbranched alkanes of at least 4 members (excludes halogenated alkanes) is 6. The molecule has 31 heavy (non-hydrogen) atoms. The van der Waals surface area contributed by atoms with Crippen LogP contribution in [0, 0.1) is 13.8 Å². The average molecular weight is 447 g/mol. The van der Waals surface area contributed by atoms with Gasteiger partial charge in [0, 0.05) is 23.2 Å². The number of thiazole rings is 1. The van der Waals surface area contributed by atoms with Crippen LogP contribution < -0.4 is 21.1 Å². The fourth-order valence-electron chi connectivity index (χ4n) is 3.14. The lowest BCUT2D eigenvalue weighted by Crippen LogP contribution is -2.29. The maximum atomic E-state index is 12.4. The number of benzene rings is 1. The van der Waals surface area contributed by atoms with Crippen LogP contribution in [0.5, 0.6) is 5.75 Å². The molecule has 1 aromatic heterocycles. The van der Waals surface area contributed by atoms with E-state index in [2.05, 4.69) is 15.6 Å². The number of hydrogen-bond donors (Lipinski definition) is 3. The van der Waals surface area contributed by atoms with Crippen molar-refractivity contribution < 1.29 is 14.3 Å². The van der Waals surface area contributed by atoms with Crippen molar-refractivity contribution in [3.05, 3.63) is 40.4 Å². The molecule has 0 unspecified atom stereocenters. The van der Waals surface area contributed by atoms with Gasteiger partial charge in [-0.1, -0.05) is 32.1 Å². The first-order valence-corrected chi connectivity index (χ1v) is 11.7. The molecule has 1 aromatic carbocycles. The molecule has 4 N–H and O–H groups in total. The lowest BCUT2D eigenvalue weighted by molar-refractivity contribution is -0.123. The van der Waals surface area contributed by atoms with Crippen molar-refractivity contribution in [2.24, 2.45) is 5.73 Å². The molecule has 0 aliphatic heterocycles. The van der Waals surface area contributed by atoms with Crippen molar-refractivity contribution >= 4 is 28.3 Å². The summed E-state index contributed by atoms with van der Waals surface area (Å²) in [4.78, 5) is 29.6. The van der Waals surface area contributed by atoms with Gasteiger partial charge in [0.1, 0.15) is 5.75 Å². The van der Waals surface area contributed by atoms with Gasteiger partial charge in [-0.25, -0.2) is 4.98 Å². The van der Waals surface area contributed by atoms with E-state index in [9.17, 15) is 9.59 Å². The molecule has 0 saturated heterocycles. The van der Waals surface area contributed by atoms with Crippen LogP contribution in [0.15, 0.2) is 24.4 Å². The van der Waals surface area contributed by atoms with Gasteiger partial charge in [0.25, 0.3) is 11.8 Å². The summed E-state index contributed by atoms with van der Waals surface area (Å²) in [6.07, 6.45) is 9.80. The zero-order valence-electron chi connectivity index (χ0n) is 18.5. The summed E-state index contributed by atoms with van der Waals surface area (Å²) in [6.45, 7) is 5.18. The topological polar surface area (TPSA) is 106 Å². The van der Waals surface area contributed by atoms with Gasteiger partial charge in [-0.05, 0) is 57.0 Å². The minimum absolute atomic E-state index is 0.0392. The standard InChI is InChI=1S/C23H34N4O3S/c1-17-14-19(10-11-20(17)22(29)27-23-26-15-18(2)31-23)30-16-21(28)25-13-9-7-5-3-4-6-8-12-24/h10-11,14-15H,3-9,12-13,16,24H2,1-2H3,(H,25,28)(H,26,27,29). The SMILES string of the molecule is Cc1cnc(NC(=O)c2ccc(OCC(=O)NCCCCCCCCCN)cc2C)s1. The molecule has 2 amide bonds. The van der Waals surface area contributed by atoms with Crippen LogP contribution in [0.1, 0.15) is 65.7 Å². The first-order chi connectivity index (χ1) is 15.0. The van der Waals surface area contributed by atoms with Crippen LogP contribution >= 0.6 is 11.3 Å². The van der Waals surface area contributed by atoms with E-state index in [1.165, 1.54) is 37.0 Å². The van der Waals surface area contributed by atoms with E-state index < -0.39 is 0 Å². The Morgan fingerprint density at radius 1 is 1.06 bits per heavy atom. The van der Waals surface area contributed by atoms with E-state index in [4.69, 9.17) is 10.5 Å². The van der Waals surface area contributed by atoms with E-state index in [0.717, 1.165) is 36.2 Å². The maximum absolute atomic E-state index is 12.4. The number of nitrogens with two attached hydrogens (primary N) is 1. The molecule has 0 aliphatic rings. The predicted octanol–water partition coefficient (Wildman–Crippen LogP) is 4.20. The molecule has 7 nitrogen and oxygen atoms in total. The molecular formula is C23H34N4O3S. The third-order valence-electron chi connectivity index (χ3n) is 4.86. The highest BCUT2D eigenvalue weighted by atomic mass is 32.1. The van der Waals surface area contributed by atoms with E-state index in [0.29, 0.717) is 23.0 Å². The zero-order valence-corrected chi connectivity index (χ0v) is 19.4. The molecule has 2 rings (SSSR count). The van der Waals surface area contributed by atoms with Crippen molar-refractivity contribution in [1.29, 1.82) is 0 Å². The second-order valence-corrected chi connectivity index (χ2v) is 8.84. The van der Waals surface area contributed by atoms with Crippen molar-refractivity contribution in [3.8, 4) is 5.75 Å². The van der Waals surface area contributed by atoms with Crippen LogP contribution in [-0.2, 0) is 4.79 Å². The lowest BCUT2D eigenvalue weighted by atomic mass is 10.1. The number of carbonyl (C=O) groups excluding carboxylic acids is 2. The van der Waals surface area contributed by atoms with E-state index >= 15 is 0 Å². The highest BCUT2D eigenvalue weighted by molar-refractivity contribution is 7.15. The Kier molecular flexibility index (Phi) is 11.0. The Labute approximate surface area is 188 Å². The largest absolute Gasteiger partial charge is 0.484 e. The van der Waals surface area contributed by atoms with Crippen LogP contribution in [0.2, 0.25) is 0 Å². The predicted molar refractivity (Wildman–Crippen MR) is 126 cm³/mol. The molecule has 170 valence electrons. The number of aromatic nitrogens is 1. The second kappa shape index (κ2) is 13.8. The Morgan fingerprint density at radius 2 is 1.77 bits per heavy atom. The number of ether oxygens (including phenoxy) is 1. The molecule has 0 spiro atoms. The molecule has 2 aromatic rings. The number of aryl methyl sites for hydroxylation is 2.